The van der Waals surface area contributed by atoms with Gasteiger partial charge in [0.25, 0.3) is 0 Å². The molecule has 1 aliphatic rings. The van der Waals surface area contributed by atoms with Gasteiger partial charge in [-0.2, -0.15) is 0 Å². The van der Waals surface area contributed by atoms with E-state index in [0.717, 1.165) is 24.9 Å². The highest BCUT2D eigenvalue weighted by Gasteiger charge is 2.42. The lowest BCUT2D eigenvalue weighted by atomic mass is 9.82. The van der Waals surface area contributed by atoms with Crippen molar-refractivity contribution < 1.29 is 13.9 Å². The summed E-state index contributed by atoms with van der Waals surface area (Å²) in [7, 11) is 1.38. The Morgan fingerprint density at radius 2 is 2.06 bits per heavy atom. The fourth-order valence-corrected chi connectivity index (χ4v) is 2.35. The summed E-state index contributed by atoms with van der Waals surface area (Å²) in [5.41, 5.74) is -0.0359. The molecule has 1 aliphatic heterocycles. The Bertz CT molecular complexity index is 396. The molecule has 92 valence electrons. The van der Waals surface area contributed by atoms with E-state index in [4.69, 9.17) is 4.74 Å². The molecule has 0 saturated carbocycles. The molecule has 1 saturated heterocycles. The van der Waals surface area contributed by atoms with E-state index < -0.39 is 5.54 Å². The van der Waals surface area contributed by atoms with Crippen molar-refractivity contribution in [2.75, 3.05) is 13.7 Å². The van der Waals surface area contributed by atoms with Crippen LogP contribution in [0.1, 0.15) is 24.8 Å². The topological polar surface area (TPSA) is 38.3 Å². The number of hydrogen-bond acceptors (Lipinski definition) is 3. The summed E-state index contributed by atoms with van der Waals surface area (Å²) >= 11 is 0. The number of ether oxygens (including phenoxy) is 1. The van der Waals surface area contributed by atoms with E-state index in [9.17, 15) is 9.18 Å². The molecule has 1 fully saturated rings. The number of piperidine rings is 1. The smallest absolute Gasteiger partial charge is 0.330 e. The number of hydrogen-bond donors (Lipinski definition) is 1. The van der Waals surface area contributed by atoms with E-state index >= 15 is 0 Å². The van der Waals surface area contributed by atoms with Crippen LogP contribution in [-0.2, 0) is 15.1 Å². The van der Waals surface area contributed by atoms with E-state index in [0.29, 0.717) is 6.42 Å². The number of nitrogens with one attached hydrogen (secondary N) is 1. The number of carbonyl (C=O) groups is 1. The number of rotatable bonds is 2. The third-order valence-electron chi connectivity index (χ3n) is 3.28. The molecule has 4 heteroatoms. The number of methoxy groups -OCH3 is 1. The van der Waals surface area contributed by atoms with Crippen LogP contribution < -0.4 is 5.32 Å². The van der Waals surface area contributed by atoms with Crippen molar-refractivity contribution in [3.8, 4) is 0 Å². The van der Waals surface area contributed by atoms with E-state index in [1.165, 1.54) is 19.2 Å². The Kier molecular flexibility index (Phi) is 3.43. The van der Waals surface area contributed by atoms with Crippen molar-refractivity contribution in [3.05, 3.63) is 35.6 Å². The molecule has 17 heavy (non-hydrogen) atoms. The number of carbonyl (C=O) groups excluding carboxylic acids is 1. The first-order chi connectivity index (χ1) is 8.19. The van der Waals surface area contributed by atoms with Crippen molar-refractivity contribution in [3.63, 3.8) is 0 Å². The average Bonchev–Trinajstić information content (AvgIpc) is 2.39. The second-order valence-corrected chi connectivity index (χ2v) is 4.29. The maximum Gasteiger partial charge on any atom is 0.330 e. The van der Waals surface area contributed by atoms with Gasteiger partial charge >= 0.3 is 5.97 Å². The zero-order valence-electron chi connectivity index (χ0n) is 9.83. The van der Waals surface area contributed by atoms with E-state index in [2.05, 4.69) is 5.32 Å². The minimum absolute atomic E-state index is 0.301. The van der Waals surface area contributed by atoms with Crippen molar-refractivity contribution >= 4 is 5.97 Å². The normalized spacial score (nSPS) is 24.4. The van der Waals surface area contributed by atoms with Crippen LogP contribution in [0.15, 0.2) is 24.3 Å². The lowest BCUT2D eigenvalue weighted by Crippen LogP contribution is -2.52. The Morgan fingerprint density at radius 1 is 1.35 bits per heavy atom. The van der Waals surface area contributed by atoms with Crippen LogP contribution in [0, 0.1) is 5.82 Å². The molecule has 0 amide bonds. The van der Waals surface area contributed by atoms with E-state index in [-0.39, 0.29) is 11.8 Å². The third-order valence-corrected chi connectivity index (χ3v) is 3.28. The first kappa shape index (κ1) is 12.0. The van der Waals surface area contributed by atoms with Gasteiger partial charge in [0.2, 0.25) is 0 Å². The van der Waals surface area contributed by atoms with Gasteiger partial charge in [0.05, 0.1) is 7.11 Å². The van der Waals surface area contributed by atoms with Gasteiger partial charge in [-0.25, -0.2) is 9.18 Å². The number of benzene rings is 1. The van der Waals surface area contributed by atoms with Gasteiger partial charge in [0.15, 0.2) is 0 Å². The Labute approximate surface area is 100.0 Å². The summed E-state index contributed by atoms with van der Waals surface area (Å²) in [6.45, 7) is 0.770. The average molecular weight is 237 g/mol. The highest BCUT2D eigenvalue weighted by Crippen LogP contribution is 2.31. The molecule has 1 heterocycles. The summed E-state index contributed by atoms with van der Waals surface area (Å²) in [4.78, 5) is 12.0. The molecule has 1 N–H and O–H groups in total. The molecular weight excluding hydrogens is 221 g/mol. The Balaban J connectivity index is 2.38. The van der Waals surface area contributed by atoms with Gasteiger partial charge in [-0.05, 0) is 43.5 Å². The largest absolute Gasteiger partial charge is 0.467 e. The fourth-order valence-electron chi connectivity index (χ4n) is 2.35. The first-order valence-electron chi connectivity index (χ1n) is 5.78. The molecular formula is C13H16FNO2. The maximum absolute atomic E-state index is 12.9. The Morgan fingerprint density at radius 3 is 2.59 bits per heavy atom. The summed E-state index contributed by atoms with van der Waals surface area (Å²) in [5.74, 6) is -0.603. The van der Waals surface area contributed by atoms with Crippen LogP contribution in [0.5, 0.6) is 0 Å². The van der Waals surface area contributed by atoms with Crippen molar-refractivity contribution in [1.29, 1.82) is 0 Å². The predicted molar refractivity (Wildman–Crippen MR) is 61.9 cm³/mol. The lowest BCUT2D eigenvalue weighted by molar-refractivity contribution is -0.150. The summed E-state index contributed by atoms with van der Waals surface area (Å²) in [6, 6.07) is 6.03. The van der Waals surface area contributed by atoms with Crippen LogP contribution >= 0.6 is 0 Å². The highest BCUT2D eigenvalue weighted by atomic mass is 19.1. The molecule has 0 aromatic heterocycles. The van der Waals surface area contributed by atoms with E-state index in [1.54, 1.807) is 12.1 Å². The van der Waals surface area contributed by atoms with Crippen molar-refractivity contribution in [1.82, 2.24) is 5.32 Å². The molecule has 0 aliphatic carbocycles. The fraction of sp³-hybridized carbons (Fsp3) is 0.462. The van der Waals surface area contributed by atoms with Crippen LogP contribution in [0.2, 0.25) is 0 Å². The molecule has 0 radical (unpaired) electrons. The molecule has 1 aromatic rings. The van der Waals surface area contributed by atoms with Crippen LogP contribution in [0.3, 0.4) is 0 Å². The van der Waals surface area contributed by atoms with Gasteiger partial charge < -0.3 is 4.74 Å². The van der Waals surface area contributed by atoms with Gasteiger partial charge in [0.1, 0.15) is 11.4 Å². The number of esters is 1. The summed E-state index contributed by atoms with van der Waals surface area (Å²) < 4.78 is 17.8. The van der Waals surface area contributed by atoms with Crippen LogP contribution in [-0.4, -0.2) is 19.6 Å². The second kappa shape index (κ2) is 4.84. The molecule has 1 unspecified atom stereocenters. The van der Waals surface area contributed by atoms with Crippen LogP contribution in [0.25, 0.3) is 0 Å². The molecule has 1 aromatic carbocycles. The van der Waals surface area contributed by atoms with Gasteiger partial charge in [-0.1, -0.05) is 12.1 Å². The van der Waals surface area contributed by atoms with Crippen LogP contribution in [0.4, 0.5) is 4.39 Å². The SMILES string of the molecule is COC(=O)C1(c2ccc(F)cc2)CCCCN1. The van der Waals surface area contributed by atoms with E-state index in [1.807, 2.05) is 0 Å². The zero-order chi connectivity index (χ0) is 12.3. The minimum Gasteiger partial charge on any atom is -0.467 e. The Hall–Kier alpha value is -1.42. The highest BCUT2D eigenvalue weighted by molar-refractivity contribution is 5.82. The quantitative estimate of drug-likeness (QED) is 0.799. The molecule has 0 bridgehead atoms. The molecule has 2 rings (SSSR count). The van der Waals surface area contributed by atoms with Gasteiger partial charge in [-0.3, -0.25) is 5.32 Å². The van der Waals surface area contributed by atoms with Gasteiger partial charge in [-0.15, -0.1) is 0 Å². The minimum atomic E-state index is -0.805. The summed E-state index contributed by atoms with van der Waals surface area (Å²) in [5, 5.41) is 3.22. The summed E-state index contributed by atoms with van der Waals surface area (Å²) in [6.07, 6.45) is 2.69. The monoisotopic (exact) mass is 237 g/mol. The second-order valence-electron chi connectivity index (χ2n) is 4.29. The first-order valence-corrected chi connectivity index (χ1v) is 5.78. The van der Waals surface area contributed by atoms with Crippen molar-refractivity contribution in [2.24, 2.45) is 0 Å². The number of halogens is 1. The zero-order valence-corrected chi connectivity index (χ0v) is 9.83. The molecule has 3 nitrogen and oxygen atoms in total. The molecule has 1 atom stereocenters. The standard InChI is InChI=1S/C13H16FNO2/c1-17-12(16)13(8-2-3-9-15-13)10-4-6-11(14)7-5-10/h4-7,15H,2-3,8-9H2,1H3. The predicted octanol–water partition coefficient (Wildman–Crippen LogP) is 1.97. The maximum atomic E-state index is 12.9. The van der Waals surface area contributed by atoms with Crippen molar-refractivity contribution in [2.45, 2.75) is 24.8 Å². The van der Waals surface area contributed by atoms with Gasteiger partial charge in [0, 0.05) is 0 Å². The third kappa shape index (κ3) is 2.17. The lowest BCUT2D eigenvalue weighted by Gasteiger charge is -2.36. The molecule has 0 spiro atoms.